The van der Waals surface area contributed by atoms with E-state index >= 15 is 0 Å². The fourth-order valence-electron chi connectivity index (χ4n) is 4.05. The number of aromatic nitrogens is 1. The smallest absolute Gasteiger partial charge is 0.254 e. The lowest BCUT2D eigenvalue weighted by Gasteiger charge is -2.37. The van der Waals surface area contributed by atoms with Crippen LogP contribution in [0.5, 0.6) is 0 Å². The van der Waals surface area contributed by atoms with Crippen LogP contribution in [0.15, 0.2) is 48.8 Å². The lowest BCUT2D eigenvalue weighted by atomic mass is 9.89. The van der Waals surface area contributed by atoms with Crippen LogP contribution in [0.2, 0.25) is 0 Å². The molecule has 2 saturated heterocycles. The molecule has 0 bridgehead atoms. The second kappa shape index (κ2) is 7.02. The van der Waals surface area contributed by atoms with Crippen molar-refractivity contribution in [2.24, 2.45) is 5.92 Å². The van der Waals surface area contributed by atoms with Crippen LogP contribution in [0.25, 0.3) is 5.69 Å². The molecular formula is C20H24N2O3. The van der Waals surface area contributed by atoms with Gasteiger partial charge < -0.3 is 19.3 Å². The normalized spacial score (nSPS) is 26.8. The van der Waals surface area contributed by atoms with Crippen molar-refractivity contribution in [1.29, 1.82) is 0 Å². The number of aliphatic hydroxyl groups excluding tert-OH is 1. The summed E-state index contributed by atoms with van der Waals surface area (Å²) in [5.74, 6) is 0.0821. The number of hydrogen-bond acceptors (Lipinski definition) is 3. The average Bonchev–Trinajstić information content (AvgIpc) is 3.34. The molecule has 0 spiro atoms. The van der Waals surface area contributed by atoms with Crippen LogP contribution in [0, 0.1) is 5.92 Å². The average molecular weight is 340 g/mol. The molecular weight excluding hydrogens is 316 g/mol. The van der Waals surface area contributed by atoms with E-state index < -0.39 is 0 Å². The number of amides is 1. The Morgan fingerprint density at radius 3 is 2.60 bits per heavy atom. The maximum atomic E-state index is 13.0. The molecule has 1 N–H and O–H groups in total. The fraction of sp³-hybridized carbons (Fsp3) is 0.450. The number of carbonyl (C=O) groups is 1. The third-order valence-electron chi connectivity index (χ3n) is 5.43. The standard InChI is InChI=1S/C20H24N2O3/c23-19-9-13-25-14-17(19)18-4-3-12-22(18)20(24)15-5-7-16(8-6-15)21-10-1-2-11-21/h1-2,5-8,10-11,17-19,23H,3-4,9,12-14H2/t17-,18-,19+/m1/s1. The van der Waals surface area contributed by atoms with E-state index in [1.807, 2.05) is 58.3 Å². The maximum Gasteiger partial charge on any atom is 0.254 e. The van der Waals surface area contributed by atoms with E-state index in [1.54, 1.807) is 0 Å². The van der Waals surface area contributed by atoms with Crippen molar-refractivity contribution in [3.63, 3.8) is 0 Å². The highest BCUT2D eigenvalue weighted by atomic mass is 16.5. The molecule has 2 fully saturated rings. The van der Waals surface area contributed by atoms with E-state index in [4.69, 9.17) is 4.74 Å². The van der Waals surface area contributed by atoms with Crippen molar-refractivity contribution in [2.75, 3.05) is 19.8 Å². The van der Waals surface area contributed by atoms with Gasteiger partial charge in [-0.1, -0.05) is 0 Å². The van der Waals surface area contributed by atoms with Gasteiger partial charge in [-0.25, -0.2) is 0 Å². The highest BCUT2D eigenvalue weighted by Crippen LogP contribution is 2.31. The zero-order chi connectivity index (χ0) is 17.2. The lowest BCUT2D eigenvalue weighted by Crippen LogP contribution is -2.48. The topological polar surface area (TPSA) is 54.7 Å². The zero-order valence-electron chi connectivity index (χ0n) is 14.3. The Morgan fingerprint density at radius 1 is 1.12 bits per heavy atom. The molecule has 132 valence electrons. The number of benzene rings is 1. The first-order valence-corrected chi connectivity index (χ1v) is 9.04. The SMILES string of the molecule is O=C(c1ccc(-n2cccc2)cc1)N1CCC[C@@H]1[C@H]1COCC[C@@H]1O. The quantitative estimate of drug-likeness (QED) is 0.934. The summed E-state index contributed by atoms with van der Waals surface area (Å²) in [6, 6.07) is 11.7. The summed E-state index contributed by atoms with van der Waals surface area (Å²) in [4.78, 5) is 14.9. The van der Waals surface area contributed by atoms with Crippen molar-refractivity contribution in [1.82, 2.24) is 9.47 Å². The molecule has 0 aliphatic carbocycles. The molecule has 0 unspecified atom stereocenters. The monoisotopic (exact) mass is 340 g/mol. The van der Waals surface area contributed by atoms with Crippen LogP contribution in [0.3, 0.4) is 0 Å². The van der Waals surface area contributed by atoms with E-state index in [-0.39, 0.29) is 24.0 Å². The molecule has 0 radical (unpaired) electrons. The number of ether oxygens (including phenoxy) is 1. The molecule has 0 saturated carbocycles. The van der Waals surface area contributed by atoms with Crippen LogP contribution in [0.4, 0.5) is 0 Å². The lowest BCUT2D eigenvalue weighted by molar-refractivity contribution is -0.0589. The Labute approximate surface area is 147 Å². The van der Waals surface area contributed by atoms with Gasteiger partial charge >= 0.3 is 0 Å². The predicted octanol–water partition coefficient (Wildman–Crippen LogP) is 2.48. The molecule has 2 aliphatic rings. The summed E-state index contributed by atoms with van der Waals surface area (Å²) in [7, 11) is 0. The van der Waals surface area contributed by atoms with Crippen LogP contribution in [-0.2, 0) is 4.74 Å². The molecule has 5 heteroatoms. The predicted molar refractivity (Wildman–Crippen MR) is 94.8 cm³/mol. The van der Waals surface area contributed by atoms with Gasteiger partial charge in [-0.05, 0) is 55.7 Å². The maximum absolute atomic E-state index is 13.0. The van der Waals surface area contributed by atoms with Gasteiger partial charge in [0, 0.05) is 48.8 Å². The fourth-order valence-corrected chi connectivity index (χ4v) is 4.05. The number of hydrogen-bond donors (Lipinski definition) is 1. The van der Waals surface area contributed by atoms with Crippen molar-refractivity contribution < 1.29 is 14.6 Å². The molecule has 25 heavy (non-hydrogen) atoms. The number of aliphatic hydroxyl groups is 1. The summed E-state index contributed by atoms with van der Waals surface area (Å²) < 4.78 is 7.57. The zero-order valence-corrected chi connectivity index (χ0v) is 14.3. The molecule has 4 rings (SSSR count). The number of rotatable bonds is 3. The summed E-state index contributed by atoms with van der Waals surface area (Å²) in [5.41, 5.74) is 1.74. The van der Waals surface area contributed by atoms with Crippen LogP contribution >= 0.6 is 0 Å². The summed E-state index contributed by atoms with van der Waals surface area (Å²) >= 11 is 0. The van der Waals surface area contributed by atoms with Gasteiger partial charge in [0.1, 0.15) is 0 Å². The second-order valence-electron chi connectivity index (χ2n) is 6.94. The van der Waals surface area contributed by atoms with E-state index in [0.717, 1.165) is 25.1 Å². The summed E-state index contributed by atoms with van der Waals surface area (Å²) in [6.07, 6.45) is 6.19. The van der Waals surface area contributed by atoms with Gasteiger partial charge in [-0.2, -0.15) is 0 Å². The molecule has 5 nitrogen and oxygen atoms in total. The van der Waals surface area contributed by atoms with Gasteiger partial charge in [-0.3, -0.25) is 4.79 Å². The van der Waals surface area contributed by atoms with Crippen molar-refractivity contribution >= 4 is 5.91 Å². The van der Waals surface area contributed by atoms with E-state index in [2.05, 4.69) is 0 Å². The number of likely N-dealkylation sites (tertiary alicyclic amines) is 1. The number of nitrogens with zero attached hydrogens (tertiary/aromatic N) is 2. The second-order valence-corrected chi connectivity index (χ2v) is 6.94. The highest BCUT2D eigenvalue weighted by molar-refractivity contribution is 5.94. The molecule has 1 aromatic heterocycles. The van der Waals surface area contributed by atoms with E-state index in [9.17, 15) is 9.90 Å². The third-order valence-corrected chi connectivity index (χ3v) is 5.43. The van der Waals surface area contributed by atoms with Gasteiger partial charge in [0.2, 0.25) is 0 Å². The Kier molecular flexibility index (Phi) is 4.59. The third kappa shape index (κ3) is 3.22. The minimum absolute atomic E-state index is 0.0272. The van der Waals surface area contributed by atoms with Gasteiger partial charge in [-0.15, -0.1) is 0 Å². The Balaban J connectivity index is 1.51. The molecule has 2 aliphatic heterocycles. The Hall–Kier alpha value is -2.11. The van der Waals surface area contributed by atoms with E-state index in [1.165, 1.54) is 0 Å². The van der Waals surface area contributed by atoms with Gasteiger partial charge in [0.25, 0.3) is 5.91 Å². The minimum atomic E-state index is -0.372. The van der Waals surface area contributed by atoms with Crippen LogP contribution in [0.1, 0.15) is 29.6 Å². The first-order chi connectivity index (χ1) is 12.2. The van der Waals surface area contributed by atoms with Crippen molar-refractivity contribution in [3.05, 3.63) is 54.4 Å². The van der Waals surface area contributed by atoms with Gasteiger partial charge in [0.15, 0.2) is 0 Å². The molecule has 1 amide bonds. The molecule has 3 heterocycles. The Bertz CT molecular complexity index is 711. The van der Waals surface area contributed by atoms with Crippen LogP contribution < -0.4 is 0 Å². The highest BCUT2D eigenvalue weighted by Gasteiger charge is 2.39. The molecule has 3 atom stereocenters. The first-order valence-electron chi connectivity index (χ1n) is 9.04. The largest absolute Gasteiger partial charge is 0.393 e. The summed E-state index contributed by atoms with van der Waals surface area (Å²) in [6.45, 7) is 1.91. The van der Waals surface area contributed by atoms with Crippen LogP contribution in [-0.4, -0.2) is 52.4 Å². The minimum Gasteiger partial charge on any atom is -0.393 e. The van der Waals surface area contributed by atoms with Crippen molar-refractivity contribution in [2.45, 2.75) is 31.4 Å². The Morgan fingerprint density at radius 2 is 1.88 bits per heavy atom. The first kappa shape index (κ1) is 16.4. The molecule has 1 aromatic carbocycles. The van der Waals surface area contributed by atoms with E-state index in [0.29, 0.717) is 25.2 Å². The molecule has 2 aromatic rings. The number of carbonyl (C=O) groups excluding carboxylic acids is 1. The van der Waals surface area contributed by atoms with Gasteiger partial charge in [0.05, 0.1) is 12.7 Å². The van der Waals surface area contributed by atoms with Crippen molar-refractivity contribution in [3.8, 4) is 5.69 Å². The summed E-state index contributed by atoms with van der Waals surface area (Å²) in [5, 5.41) is 10.3.